The van der Waals surface area contributed by atoms with Gasteiger partial charge in [0.1, 0.15) is 11.3 Å². The Morgan fingerprint density at radius 1 is 1.30 bits per heavy atom. The van der Waals surface area contributed by atoms with Gasteiger partial charge in [0.2, 0.25) is 0 Å². The van der Waals surface area contributed by atoms with Crippen molar-refractivity contribution >= 4 is 11.7 Å². The summed E-state index contributed by atoms with van der Waals surface area (Å²) in [5, 5.41) is 11.2. The van der Waals surface area contributed by atoms with Crippen LogP contribution in [0.1, 0.15) is 62.1 Å². The first kappa shape index (κ1) is 24.3. The van der Waals surface area contributed by atoms with Gasteiger partial charge in [-0.25, -0.2) is 10.6 Å². The highest BCUT2D eigenvalue weighted by Crippen LogP contribution is 2.45. The summed E-state index contributed by atoms with van der Waals surface area (Å²) in [4.78, 5) is 24.3. The number of hydrazine groups is 1. The molecule has 33 heavy (non-hydrogen) atoms. The molecule has 1 atom stereocenters. The molecule has 3 N–H and O–H groups in total. The zero-order chi connectivity index (χ0) is 24.7. The third kappa shape index (κ3) is 4.46. The predicted molar refractivity (Wildman–Crippen MR) is 131 cm³/mol. The van der Waals surface area contributed by atoms with Crippen LogP contribution in [-0.4, -0.2) is 33.8 Å². The van der Waals surface area contributed by atoms with E-state index < -0.39 is 11.4 Å². The van der Waals surface area contributed by atoms with E-state index >= 15 is 0 Å². The Bertz CT molecular complexity index is 1190. The first-order chi connectivity index (χ1) is 15.4. The number of methoxy groups -OCH3 is 1. The van der Waals surface area contributed by atoms with Crippen molar-refractivity contribution in [2.45, 2.75) is 53.1 Å². The SMILES string of the molecule is C=C/C=C(/c1cc2c(cc1OC)-c1cc(=O)c(C(=O)O)cn1C(C(C)(C)C)C2)N(N)C(C)C. The molecule has 0 saturated heterocycles. The number of benzene rings is 1. The van der Waals surface area contributed by atoms with Gasteiger partial charge in [0, 0.05) is 35.5 Å². The Kier molecular flexibility index (Phi) is 6.56. The van der Waals surface area contributed by atoms with Gasteiger partial charge in [0.05, 0.1) is 18.5 Å². The Hall–Kier alpha value is -3.32. The summed E-state index contributed by atoms with van der Waals surface area (Å²) in [5.74, 6) is 5.76. The van der Waals surface area contributed by atoms with E-state index in [1.54, 1.807) is 18.2 Å². The molecule has 1 aromatic carbocycles. The van der Waals surface area contributed by atoms with E-state index in [0.29, 0.717) is 17.9 Å². The first-order valence-corrected chi connectivity index (χ1v) is 11.0. The van der Waals surface area contributed by atoms with Crippen LogP contribution in [0.2, 0.25) is 0 Å². The van der Waals surface area contributed by atoms with E-state index in [1.807, 2.05) is 30.6 Å². The number of carboxylic acids is 1. The lowest BCUT2D eigenvalue weighted by atomic mass is 9.78. The highest BCUT2D eigenvalue weighted by Gasteiger charge is 2.34. The molecule has 0 saturated carbocycles. The number of allylic oxidation sites excluding steroid dienone is 2. The van der Waals surface area contributed by atoms with E-state index in [9.17, 15) is 14.7 Å². The average molecular weight is 452 g/mol. The normalized spacial score (nSPS) is 15.6. The van der Waals surface area contributed by atoms with Crippen molar-refractivity contribution in [2.75, 3.05) is 7.11 Å². The van der Waals surface area contributed by atoms with E-state index in [4.69, 9.17) is 10.6 Å². The van der Waals surface area contributed by atoms with Gasteiger partial charge in [0.15, 0.2) is 5.43 Å². The summed E-state index contributed by atoms with van der Waals surface area (Å²) < 4.78 is 7.66. The zero-order valence-electron chi connectivity index (χ0n) is 20.2. The fraction of sp³-hybridized carbons (Fsp3) is 0.385. The summed E-state index contributed by atoms with van der Waals surface area (Å²) in [6, 6.07) is 5.38. The Balaban J connectivity index is 2.34. The number of nitrogens with zero attached hydrogens (tertiary/aromatic N) is 2. The largest absolute Gasteiger partial charge is 0.496 e. The molecular weight excluding hydrogens is 418 g/mol. The number of ether oxygens (including phenoxy) is 1. The number of aromatic carboxylic acids is 1. The van der Waals surface area contributed by atoms with Crippen molar-refractivity contribution < 1.29 is 14.6 Å². The molecule has 0 bridgehead atoms. The summed E-state index contributed by atoms with van der Waals surface area (Å²) in [5.41, 5.74) is 3.24. The molecule has 1 aliphatic rings. The molecule has 3 rings (SSSR count). The van der Waals surface area contributed by atoms with E-state index in [1.165, 1.54) is 12.3 Å². The molecular formula is C26H33N3O4. The third-order valence-corrected chi connectivity index (χ3v) is 6.15. The second-order valence-electron chi connectivity index (χ2n) is 9.73. The fourth-order valence-electron chi connectivity index (χ4n) is 4.32. The minimum Gasteiger partial charge on any atom is -0.496 e. The number of hydrogen-bond acceptors (Lipinski definition) is 5. The molecule has 1 unspecified atom stereocenters. The quantitative estimate of drug-likeness (QED) is 0.382. The molecule has 0 fully saturated rings. The van der Waals surface area contributed by atoms with Crippen LogP contribution < -0.4 is 16.0 Å². The number of fused-ring (bicyclic) bond motifs is 3. The minimum absolute atomic E-state index is 0.0491. The molecule has 7 heteroatoms. The Morgan fingerprint density at radius 3 is 2.48 bits per heavy atom. The lowest BCUT2D eigenvalue weighted by Crippen LogP contribution is -2.36. The topological polar surface area (TPSA) is 97.8 Å². The molecule has 176 valence electrons. The second-order valence-corrected chi connectivity index (χ2v) is 9.73. The zero-order valence-corrected chi connectivity index (χ0v) is 20.2. The maximum atomic E-state index is 12.6. The van der Waals surface area contributed by atoms with Gasteiger partial charge in [-0.15, -0.1) is 0 Å². The van der Waals surface area contributed by atoms with Gasteiger partial charge in [-0.1, -0.05) is 33.4 Å². The average Bonchev–Trinajstić information content (AvgIpc) is 2.74. The summed E-state index contributed by atoms with van der Waals surface area (Å²) in [6.45, 7) is 14.2. The van der Waals surface area contributed by atoms with Gasteiger partial charge in [0.25, 0.3) is 0 Å². The minimum atomic E-state index is -1.22. The monoisotopic (exact) mass is 451 g/mol. The number of aromatic nitrogens is 1. The second kappa shape index (κ2) is 8.90. The number of carboxylic acid groups (broad SMARTS) is 1. The molecule has 0 spiro atoms. The predicted octanol–water partition coefficient (Wildman–Crippen LogP) is 4.48. The Labute approximate surface area is 194 Å². The molecule has 2 aromatic rings. The van der Waals surface area contributed by atoms with Crippen LogP contribution in [0.25, 0.3) is 17.0 Å². The summed E-state index contributed by atoms with van der Waals surface area (Å²) in [7, 11) is 1.59. The number of carbonyl (C=O) groups is 1. The van der Waals surface area contributed by atoms with Crippen molar-refractivity contribution in [3.63, 3.8) is 0 Å². The number of hydrogen-bond donors (Lipinski definition) is 2. The first-order valence-electron chi connectivity index (χ1n) is 11.0. The number of nitrogens with two attached hydrogens (primary N) is 1. The molecule has 1 aliphatic heterocycles. The lowest BCUT2D eigenvalue weighted by Gasteiger charge is -2.39. The van der Waals surface area contributed by atoms with Gasteiger partial charge < -0.3 is 19.4 Å². The molecule has 7 nitrogen and oxygen atoms in total. The Morgan fingerprint density at radius 2 is 1.97 bits per heavy atom. The lowest BCUT2D eigenvalue weighted by molar-refractivity contribution is 0.0693. The highest BCUT2D eigenvalue weighted by molar-refractivity contribution is 5.88. The number of pyridine rings is 1. The van der Waals surface area contributed by atoms with Gasteiger partial charge in [-0.3, -0.25) is 4.79 Å². The van der Waals surface area contributed by atoms with Crippen LogP contribution in [0.4, 0.5) is 0 Å². The standard InChI is InChI=1S/C26H33N3O4/c1-8-9-20(29(27)15(2)3)18-10-16-11-24(26(4,5)6)28-14-19(25(31)32)22(30)13-21(28)17(16)12-23(18)33-7/h8-10,12-15,24H,1,11,27H2,2-7H3,(H,31,32)/b20-9-. The molecule has 0 aliphatic carbocycles. The van der Waals surface area contributed by atoms with E-state index in [-0.39, 0.29) is 23.1 Å². The van der Waals surface area contributed by atoms with Crippen LogP contribution in [-0.2, 0) is 6.42 Å². The maximum Gasteiger partial charge on any atom is 0.341 e. The van der Waals surface area contributed by atoms with Crippen LogP contribution in [0.5, 0.6) is 5.75 Å². The van der Waals surface area contributed by atoms with Crippen molar-refractivity contribution in [1.29, 1.82) is 0 Å². The van der Waals surface area contributed by atoms with Crippen molar-refractivity contribution in [2.24, 2.45) is 11.3 Å². The van der Waals surface area contributed by atoms with Crippen LogP contribution in [0.15, 0.2) is 47.9 Å². The smallest absolute Gasteiger partial charge is 0.341 e. The van der Waals surface area contributed by atoms with Crippen molar-refractivity contribution in [3.8, 4) is 17.0 Å². The summed E-state index contributed by atoms with van der Waals surface area (Å²) >= 11 is 0. The van der Waals surface area contributed by atoms with Crippen LogP contribution in [0, 0.1) is 5.41 Å². The number of rotatable bonds is 6. The van der Waals surface area contributed by atoms with Crippen molar-refractivity contribution in [3.05, 3.63) is 70.0 Å². The van der Waals surface area contributed by atoms with Gasteiger partial charge in [-0.2, -0.15) is 0 Å². The van der Waals surface area contributed by atoms with E-state index in [2.05, 4.69) is 33.4 Å². The molecule has 0 amide bonds. The maximum absolute atomic E-state index is 12.6. The molecule has 0 radical (unpaired) electrons. The van der Waals surface area contributed by atoms with Crippen molar-refractivity contribution in [1.82, 2.24) is 9.58 Å². The molecule has 1 aromatic heterocycles. The highest BCUT2D eigenvalue weighted by atomic mass is 16.5. The fourth-order valence-corrected chi connectivity index (χ4v) is 4.32. The van der Waals surface area contributed by atoms with Crippen LogP contribution in [0.3, 0.4) is 0 Å². The van der Waals surface area contributed by atoms with E-state index in [0.717, 1.165) is 22.4 Å². The van der Waals surface area contributed by atoms with Crippen LogP contribution >= 0.6 is 0 Å². The van der Waals surface area contributed by atoms with Gasteiger partial charge in [-0.05, 0) is 49.5 Å². The van der Waals surface area contributed by atoms with Gasteiger partial charge >= 0.3 is 5.97 Å². The molecule has 2 heterocycles. The third-order valence-electron chi connectivity index (χ3n) is 6.15. The summed E-state index contributed by atoms with van der Waals surface area (Å²) in [6.07, 6.45) is 5.68.